The lowest BCUT2D eigenvalue weighted by molar-refractivity contribution is -0.392. The van der Waals surface area contributed by atoms with Gasteiger partial charge in [-0.15, -0.1) is 0 Å². The Bertz CT molecular complexity index is 905. The van der Waals surface area contributed by atoms with Gasteiger partial charge in [-0.3, -0.25) is 25.0 Å². The predicted octanol–water partition coefficient (Wildman–Crippen LogP) is 3.47. The van der Waals surface area contributed by atoms with E-state index in [9.17, 15) is 25.0 Å². The fourth-order valence-corrected chi connectivity index (χ4v) is 2.90. The van der Waals surface area contributed by atoms with Crippen LogP contribution >= 0.6 is 0 Å². The van der Waals surface area contributed by atoms with E-state index in [4.69, 9.17) is 5.73 Å². The molecule has 0 unspecified atom stereocenters. The van der Waals surface area contributed by atoms with E-state index in [1.54, 1.807) is 43.0 Å². The minimum absolute atomic E-state index is 0.0866. The molecule has 0 fully saturated rings. The molecule has 2 aromatic carbocycles. The van der Waals surface area contributed by atoms with Crippen molar-refractivity contribution in [3.63, 3.8) is 0 Å². The third kappa shape index (κ3) is 3.71. The number of aryl methyl sites for hydroxylation is 1. The summed E-state index contributed by atoms with van der Waals surface area (Å²) in [6, 6.07) is 7.71. The number of hydrogen-bond acceptors (Lipinski definition) is 7. The minimum Gasteiger partial charge on any atom is -0.387 e. The summed E-state index contributed by atoms with van der Waals surface area (Å²) in [6.07, 6.45) is 0. The standard InChI is InChI=1S/C18H20N4O5/c1-4-20(5-2)14-10-13(18(23)12-8-6-11(3)7-9-12)16(21(24)25)15(19)17(14)22(26)27/h6-10H,4-5,19H2,1-3H3. The van der Waals surface area contributed by atoms with E-state index >= 15 is 0 Å². The summed E-state index contributed by atoms with van der Waals surface area (Å²) in [4.78, 5) is 36.0. The normalized spacial score (nSPS) is 10.5. The van der Waals surface area contributed by atoms with E-state index in [0.717, 1.165) is 5.56 Å². The number of nitro groups is 2. The van der Waals surface area contributed by atoms with Gasteiger partial charge >= 0.3 is 11.4 Å². The van der Waals surface area contributed by atoms with Crippen molar-refractivity contribution < 1.29 is 14.6 Å². The Labute approximate surface area is 155 Å². The van der Waals surface area contributed by atoms with E-state index in [-0.39, 0.29) is 16.8 Å². The molecule has 0 aliphatic rings. The van der Waals surface area contributed by atoms with Crippen LogP contribution in [0.1, 0.15) is 35.3 Å². The monoisotopic (exact) mass is 372 g/mol. The van der Waals surface area contributed by atoms with Gasteiger partial charge in [0, 0.05) is 18.7 Å². The average Bonchev–Trinajstić information content (AvgIpc) is 2.61. The van der Waals surface area contributed by atoms with Crippen molar-refractivity contribution in [2.45, 2.75) is 20.8 Å². The summed E-state index contributed by atoms with van der Waals surface area (Å²) >= 11 is 0. The third-order valence-corrected chi connectivity index (χ3v) is 4.32. The predicted molar refractivity (Wildman–Crippen MR) is 102 cm³/mol. The maximum Gasteiger partial charge on any atom is 0.322 e. The molecule has 0 bridgehead atoms. The lowest BCUT2D eigenvalue weighted by Gasteiger charge is -2.22. The van der Waals surface area contributed by atoms with Gasteiger partial charge in [-0.25, -0.2) is 0 Å². The number of ketones is 1. The van der Waals surface area contributed by atoms with Crippen LogP contribution in [0.4, 0.5) is 22.7 Å². The van der Waals surface area contributed by atoms with Crippen molar-refractivity contribution in [3.05, 3.63) is 67.3 Å². The van der Waals surface area contributed by atoms with Gasteiger partial charge in [0.2, 0.25) is 0 Å². The molecule has 27 heavy (non-hydrogen) atoms. The molecule has 9 heteroatoms. The molecule has 142 valence electrons. The molecule has 0 aliphatic heterocycles. The van der Waals surface area contributed by atoms with Gasteiger partial charge in [0.1, 0.15) is 11.3 Å². The largest absolute Gasteiger partial charge is 0.387 e. The molecule has 9 nitrogen and oxygen atoms in total. The van der Waals surface area contributed by atoms with Gasteiger partial charge in [-0.05, 0) is 26.8 Å². The van der Waals surface area contributed by atoms with Crippen molar-refractivity contribution in [2.75, 3.05) is 23.7 Å². The molecule has 0 saturated heterocycles. The van der Waals surface area contributed by atoms with Crippen molar-refractivity contribution in [3.8, 4) is 0 Å². The first-order valence-corrected chi connectivity index (χ1v) is 8.34. The summed E-state index contributed by atoms with van der Waals surface area (Å²) in [5, 5.41) is 23.1. The van der Waals surface area contributed by atoms with Crippen LogP contribution in [0.5, 0.6) is 0 Å². The molecule has 0 aliphatic carbocycles. The molecule has 0 radical (unpaired) electrons. The van der Waals surface area contributed by atoms with Crippen molar-refractivity contribution >= 4 is 28.5 Å². The lowest BCUT2D eigenvalue weighted by atomic mass is 9.98. The Balaban J connectivity index is 2.82. The highest BCUT2D eigenvalue weighted by atomic mass is 16.6. The number of rotatable bonds is 7. The Morgan fingerprint density at radius 1 is 1.04 bits per heavy atom. The quantitative estimate of drug-likeness (QED) is 0.340. The average molecular weight is 372 g/mol. The molecule has 2 N–H and O–H groups in total. The van der Waals surface area contributed by atoms with Crippen LogP contribution in [0.3, 0.4) is 0 Å². The summed E-state index contributed by atoms with van der Waals surface area (Å²) < 4.78 is 0. The van der Waals surface area contributed by atoms with E-state index in [0.29, 0.717) is 13.1 Å². The molecule has 2 aromatic rings. The number of benzene rings is 2. The number of hydrogen-bond donors (Lipinski definition) is 1. The zero-order valence-corrected chi connectivity index (χ0v) is 15.3. The molecule has 0 aromatic heterocycles. The summed E-state index contributed by atoms with van der Waals surface area (Å²) in [5.74, 6) is -0.614. The second-order valence-corrected chi connectivity index (χ2v) is 5.94. The summed E-state index contributed by atoms with van der Waals surface area (Å²) in [7, 11) is 0. The van der Waals surface area contributed by atoms with Crippen LogP contribution < -0.4 is 10.6 Å². The smallest absolute Gasteiger partial charge is 0.322 e. The molecular weight excluding hydrogens is 352 g/mol. The lowest BCUT2D eigenvalue weighted by Crippen LogP contribution is -2.24. The highest BCUT2D eigenvalue weighted by Gasteiger charge is 2.35. The molecular formula is C18H20N4O5. The fourth-order valence-electron chi connectivity index (χ4n) is 2.90. The molecule has 2 rings (SSSR count). The molecule has 0 atom stereocenters. The highest BCUT2D eigenvalue weighted by molar-refractivity contribution is 6.14. The van der Waals surface area contributed by atoms with E-state index in [1.807, 2.05) is 6.92 Å². The van der Waals surface area contributed by atoms with Crippen molar-refractivity contribution in [1.82, 2.24) is 0 Å². The Hall–Kier alpha value is -3.49. The van der Waals surface area contributed by atoms with E-state index < -0.39 is 32.7 Å². The topological polar surface area (TPSA) is 133 Å². The second-order valence-electron chi connectivity index (χ2n) is 5.94. The van der Waals surface area contributed by atoms with Crippen molar-refractivity contribution in [1.29, 1.82) is 0 Å². The second kappa shape index (κ2) is 7.81. The van der Waals surface area contributed by atoms with Crippen LogP contribution in [0.25, 0.3) is 0 Å². The van der Waals surface area contributed by atoms with Crippen LogP contribution in [-0.4, -0.2) is 28.7 Å². The maximum atomic E-state index is 12.9. The first-order chi connectivity index (χ1) is 12.7. The van der Waals surface area contributed by atoms with Gasteiger partial charge in [-0.2, -0.15) is 0 Å². The van der Waals surface area contributed by atoms with Crippen molar-refractivity contribution in [2.24, 2.45) is 0 Å². The molecule has 0 spiro atoms. The van der Waals surface area contributed by atoms with Gasteiger partial charge in [0.05, 0.1) is 9.85 Å². The fraction of sp³-hybridized carbons (Fsp3) is 0.278. The van der Waals surface area contributed by atoms with Crippen LogP contribution in [0, 0.1) is 27.2 Å². The van der Waals surface area contributed by atoms with Gasteiger partial charge in [0.15, 0.2) is 11.5 Å². The number of nitro benzene ring substituents is 2. The number of nitrogen functional groups attached to an aromatic ring is 1. The van der Waals surface area contributed by atoms with Crippen LogP contribution in [-0.2, 0) is 0 Å². The van der Waals surface area contributed by atoms with Gasteiger partial charge in [-0.1, -0.05) is 29.8 Å². The van der Waals surface area contributed by atoms with Crippen LogP contribution in [0.15, 0.2) is 30.3 Å². The Morgan fingerprint density at radius 3 is 2.00 bits per heavy atom. The zero-order chi connectivity index (χ0) is 20.3. The minimum atomic E-state index is -0.851. The zero-order valence-electron chi connectivity index (χ0n) is 15.3. The summed E-state index contributed by atoms with van der Waals surface area (Å²) in [6.45, 7) is 6.23. The number of nitrogens with two attached hydrogens (primary N) is 1. The Kier molecular flexibility index (Phi) is 5.74. The maximum absolute atomic E-state index is 12.9. The molecule has 0 heterocycles. The number of carbonyl (C=O) groups excluding carboxylic acids is 1. The Morgan fingerprint density at radius 2 is 1.56 bits per heavy atom. The third-order valence-electron chi connectivity index (χ3n) is 4.32. The van der Waals surface area contributed by atoms with Gasteiger partial charge < -0.3 is 10.6 Å². The van der Waals surface area contributed by atoms with E-state index in [2.05, 4.69) is 0 Å². The summed E-state index contributed by atoms with van der Waals surface area (Å²) in [5.41, 5.74) is 4.86. The van der Waals surface area contributed by atoms with Crippen LogP contribution in [0.2, 0.25) is 0 Å². The number of carbonyl (C=O) groups is 1. The van der Waals surface area contributed by atoms with E-state index in [1.165, 1.54) is 6.07 Å². The molecule has 0 saturated carbocycles. The highest BCUT2D eigenvalue weighted by Crippen LogP contribution is 2.43. The first-order valence-electron chi connectivity index (χ1n) is 8.34. The van der Waals surface area contributed by atoms with Gasteiger partial charge in [0.25, 0.3) is 0 Å². The number of anilines is 2. The molecule has 0 amide bonds. The first kappa shape index (κ1) is 19.8. The number of nitrogens with zero attached hydrogens (tertiary/aromatic N) is 3. The SMILES string of the molecule is CCN(CC)c1cc(C(=O)c2ccc(C)cc2)c([N+](=O)[O-])c(N)c1[N+](=O)[O-].